The Morgan fingerprint density at radius 1 is 1.18 bits per heavy atom. The minimum Gasteiger partial charge on any atom is -0.488 e. The van der Waals surface area contributed by atoms with E-state index in [0.717, 1.165) is 29.8 Å². The van der Waals surface area contributed by atoms with Crippen molar-refractivity contribution in [3.8, 4) is 5.75 Å². The van der Waals surface area contributed by atoms with Crippen LogP contribution in [0.4, 0.5) is 0 Å². The molecule has 114 valence electrons. The van der Waals surface area contributed by atoms with Gasteiger partial charge in [-0.2, -0.15) is 0 Å². The van der Waals surface area contributed by atoms with E-state index in [0.29, 0.717) is 6.54 Å². The van der Waals surface area contributed by atoms with Crippen LogP contribution in [0.5, 0.6) is 5.75 Å². The summed E-state index contributed by atoms with van der Waals surface area (Å²) in [7, 11) is 0. The Hall–Kier alpha value is -2.36. The number of likely N-dealkylation sites (tertiary alicyclic amines) is 1. The average molecular weight is 296 g/mol. The molecule has 3 rings (SSSR count). The number of aromatic nitrogens is 1. The fraction of sp³-hybridized carbons (Fsp3) is 0.333. The molecule has 1 saturated heterocycles. The smallest absolute Gasteiger partial charge is 0.253 e. The molecule has 0 unspecified atom stereocenters. The number of carbonyl (C=O) groups excluding carboxylic acids is 1. The lowest BCUT2D eigenvalue weighted by Gasteiger charge is -2.18. The van der Waals surface area contributed by atoms with Gasteiger partial charge in [-0.05, 0) is 49.2 Å². The molecule has 0 saturated carbocycles. The molecular formula is C18H20N2O2. The van der Waals surface area contributed by atoms with E-state index in [-0.39, 0.29) is 12.0 Å². The second-order valence-electron chi connectivity index (χ2n) is 5.76. The van der Waals surface area contributed by atoms with Crippen LogP contribution in [-0.4, -0.2) is 35.0 Å². The molecule has 1 atom stereocenters. The first-order chi connectivity index (χ1) is 10.6. The molecule has 0 radical (unpaired) electrons. The molecule has 0 aliphatic carbocycles. The highest BCUT2D eigenvalue weighted by Gasteiger charge is 2.28. The zero-order chi connectivity index (χ0) is 15.5. The van der Waals surface area contributed by atoms with Crippen LogP contribution >= 0.6 is 0 Å². The minimum absolute atomic E-state index is 0.0536. The van der Waals surface area contributed by atoms with Crippen LogP contribution in [0.2, 0.25) is 0 Å². The van der Waals surface area contributed by atoms with Gasteiger partial charge >= 0.3 is 0 Å². The van der Waals surface area contributed by atoms with Crippen LogP contribution in [0.3, 0.4) is 0 Å². The van der Waals surface area contributed by atoms with Crippen molar-refractivity contribution in [2.75, 3.05) is 13.1 Å². The Morgan fingerprint density at radius 2 is 1.95 bits per heavy atom. The Balaban J connectivity index is 1.64. The van der Waals surface area contributed by atoms with Crippen LogP contribution < -0.4 is 4.74 Å². The van der Waals surface area contributed by atoms with Gasteiger partial charge in [0.2, 0.25) is 0 Å². The Morgan fingerprint density at radius 3 is 2.68 bits per heavy atom. The number of hydrogen-bond acceptors (Lipinski definition) is 3. The van der Waals surface area contributed by atoms with Crippen molar-refractivity contribution < 1.29 is 9.53 Å². The molecule has 0 bridgehead atoms. The highest BCUT2D eigenvalue weighted by molar-refractivity contribution is 5.94. The second-order valence-corrected chi connectivity index (χ2v) is 5.76. The predicted molar refractivity (Wildman–Crippen MR) is 85.1 cm³/mol. The molecule has 22 heavy (non-hydrogen) atoms. The molecule has 4 heteroatoms. The van der Waals surface area contributed by atoms with Gasteiger partial charge in [0, 0.05) is 30.9 Å². The number of carbonyl (C=O) groups is 1. The molecule has 1 fully saturated rings. The summed E-state index contributed by atoms with van der Waals surface area (Å²) in [6.07, 6.45) is 4.33. The Kier molecular flexibility index (Phi) is 4.09. The van der Waals surface area contributed by atoms with Crippen molar-refractivity contribution in [3.05, 3.63) is 59.4 Å². The first kappa shape index (κ1) is 14.6. The summed E-state index contributed by atoms with van der Waals surface area (Å²) in [6, 6.07) is 9.56. The lowest BCUT2D eigenvalue weighted by Crippen LogP contribution is -2.31. The van der Waals surface area contributed by atoms with Crippen molar-refractivity contribution in [2.24, 2.45) is 0 Å². The zero-order valence-electron chi connectivity index (χ0n) is 13.0. The van der Waals surface area contributed by atoms with Crippen LogP contribution in [0.15, 0.2) is 42.7 Å². The maximum Gasteiger partial charge on any atom is 0.253 e. The van der Waals surface area contributed by atoms with E-state index in [1.54, 1.807) is 12.4 Å². The molecule has 2 heterocycles. The van der Waals surface area contributed by atoms with E-state index >= 15 is 0 Å². The molecule has 0 spiro atoms. The minimum atomic E-state index is 0.0536. The van der Waals surface area contributed by atoms with Crippen molar-refractivity contribution in [3.63, 3.8) is 0 Å². The molecule has 1 aromatic carbocycles. The van der Waals surface area contributed by atoms with Gasteiger partial charge in [-0.25, -0.2) is 0 Å². The lowest BCUT2D eigenvalue weighted by molar-refractivity contribution is 0.0772. The fourth-order valence-electron chi connectivity index (χ4n) is 2.68. The number of rotatable bonds is 3. The average Bonchev–Trinajstić information content (AvgIpc) is 2.99. The van der Waals surface area contributed by atoms with Gasteiger partial charge < -0.3 is 9.64 Å². The number of nitrogens with zero attached hydrogens (tertiary/aromatic N) is 2. The summed E-state index contributed by atoms with van der Waals surface area (Å²) in [5, 5.41) is 0. The number of ether oxygens (including phenoxy) is 1. The quantitative estimate of drug-likeness (QED) is 0.874. The third kappa shape index (κ3) is 3.11. The summed E-state index contributed by atoms with van der Waals surface area (Å²) in [4.78, 5) is 18.4. The first-order valence-electron chi connectivity index (χ1n) is 7.56. The van der Waals surface area contributed by atoms with Gasteiger partial charge in [0.05, 0.1) is 6.54 Å². The molecule has 1 aliphatic heterocycles. The fourth-order valence-corrected chi connectivity index (χ4v) is 2.68. The van der Waals surface area contributed by atoms with E-state index in [4.69, 9.17) is 4.74 Å². The molecule has 1 amide bonds. The predicted octanol–water partition coefficient (Wildman–Crippen LogP) is 2.99. The summed E-state index contributed by atoms with van der Waals surface area (Å²) >= 11 is 0. The molecule has 0 N–H and O–H groups in total. The molecule has 4 nitrogen and oxygen atoms in total. The molecule has 2 aromatic rings. The van der Waals surface area contributed by atoms with Gasteiger partial charge in [-0.1, -0.05) is 6.07 Å². The second kappa shape index (κ2) is 6.18. The van der Waals surface area contributed by atoms with Crippen LogP contribution in [0, 0.1) is 13.8 Å². The summed E-state index contributed by atoms with van der Waals surface area (Å²) in [5.74, 6) is 0.893. The van der Waals surface area contributed by atoms with Gasteiger partial charge in [-0.3, -0.25) is 9.78 Å². The van der Waals surface area contributed by atoms with E-state index in [1.807, 2.05) is 42.2 Å². The number of benzene rings is 1. The maximum atomic E-state index is 12.6. The third-order valence-corrected chi connectivity index (χ3v) is 4.14. The van der Waals surface area contributed by atoms with Gasteiger partial charge in [0.1, 0.15) is 11.9 Å². The van der Waals surface area contributed by atoms with E-state index in [1.165, 1.54) is 5.56 Å². The SMILES string of the molecule is Cc1ccc(C(=O)N2CC[C@H](Oc3ccncc3)C2)cc1C. The normalized spacial score (nSPS) is 17.5. The van der Waals surface area contributed by atoms with Crippen LogP contribution in [-0.2, 0) is 0 Å². The highest BCUT2D eigenvalue weighted by Crippen LogP contribution is 2.20. The van der Waals surface area contributed by atoms with Crippen molar-refractivity contribution in [2.45, 2.75) is 26.4 Å². The van der Waals surface area contributed by atoms with Crippen molar-refractivity contribution in [1.29, 1.82) is 0 Å². The summed E-state index contributed by atoms with van der Waals surface area (Å²) in [6.45, 7) is 5.46. The highest BCUT2D eigenvalue weighted by atomic mass is 16.5. The van der Waals surface area contributed by atoms with Crippen LogP contribution in [0.25, 0.3) is 0 Å². The number of pyridine rings is 1. The molecular weight excluding hydrogens is 276 g/mol. The van der Waals surface area contributed by atoms with Crippen molar-refractivity contribution in [1.82, 2.24) is 9.88 Å². The van der Waals surface area contributed by atoms with E-state index in [2.05, 4.69) is 11.9 Å². The molecule has 1 aliphatic rings. The van der Waals surface area contributed by atoms with Crippen molar-refractivity contribution >= 4 is 5.91 Å². The van der Waals surface area contributed by atoms with E-state index < -0.39 is 0 Å². The number of aryl methyl sites for hydroxylation is 2. The van der Waals surface area contributed by atoms with Gasteiger partial charge in [-0.15, -0.1) is 0 Å². The van der Waals surface area contributed by atoms with Gasteiger partial charge in [0.25, 0.3) is 5.91 Å². The van der Waals surface area contributed by atoms with Gasteiger partial charge in [0.15, 0.2) is 0 Å². The zero-order valence-corrected chi connectivity index (χ0v) is 13.0. The summed E-state index contributed by atoms with van der Waals surface area (Å²) in [5.41, 5.74) is 3.11. The van der Waals surface area contributed by atoms with Crippen LogP contribution in [0.1, 0.15) is 27.9 Å². The Bertz CT molecular complexity index is 670. The summed E-state index contributed by atoms with van der Waals surface area (Å²) < 4.78 is 5.90. The lowest BCUT2D eigenvalue weighted by atomic mass is 10.1. The number of amides is 1. The topological polar surface area (TPSA) is 42.4 Å². The first-order valence-corrected chi connectivity index (χ1v) is 7.56. The largest absolute Gasteiger partial charge is 0.488 e. The number of hydrogen-bond donors (Lipinski definition) is 0. The standard InChI is InChI=1S/C18H20N2O2/c1-13-3-4-15(11-14(13)2)18(21)20-10-7-17(12-20)22-16-5-8-19-9-6-16/h3-6,8-9,11,17H,7,10,12H2,1-2H3/t17-/m0/s1. The third-order valence-electron chi connectivity index (χ3n) is 4.14. The van der Waals surface area contributed by atoms with E-state index in [9.17, 15) is 4.79 Å². The maximum absolute atomic E-state index is 12.6. The molecule has 1 aromatic heterocycles. The monoisotopic (exact) mass is 296 g/mol. The Labute approximate surface area is 130 Å².